The zero-order chi connectivity index (χ0) is 37.2. The summed E-state index contributed by atoms with van der Waals surface area (Å²) in [5, 5.41) is 0.800. The van der Waals surface area contributed by atoms with Gasteiger partial charge in [0, 0.05) is 11.0 Å². The van der Waals surface area contributed by atoms with Crippen LogP contribution in [0.4, 0.5) is 11.4 Å². The van der Waals surface area contributed by atoms with Crippen molar-refractivity contribution in [3.63, 3.8) is 0 Å². The van der Waals surface area contributed by atoms with Crippen LogP contribution in [0, 0.1) is 0 Å². The quantitative estimate of drug-likeness (QED) is 0.144. The summed E-state index contributed by atoms with van der Waals surface area (Å²) < 4.78 is 59.7. The number of carbonyl (C=O) groups excluding carboxylic acids is 2. The zero-order valence-corrected chi connectivity index (χ0v) is 32.4. The Kier molecular flexibility index (Phi) is 13.8. The molecule has 0 heterocycles. The van der Waals surface area contributed by atoms with E-state index in [1.165, 1.54) is 59.7 Å². The second-order valence-electron chi connectivity index (χ2n) is 12.3. The van der Waals surface area contributed by atoms with E-state index in [1.54, 1.807) is 36.4 Å². The van der Waals surface area contributed by atoms with E-state index in [2.05, 4.69) is 30.1 Å². The molecule has 2 aliphatic rings. The van der Waals surface area contributed by atoms with Gasteiger partial charge < -0.3 is 9.47 Å². The third kappa shape index (κ3) is 11.7. The summed E-state index contributed by atoms with van der Waals surface area (Å²) in [6.07, 6.45) is 8.91. The Morgan fingerprint density at radius 2 is 1.14 bits per heavy atom. The van der Waals surface area contributed by atoms with Gasteiger partial charge in [0.05, 0.1) is 50.1 Å². The van der Waals surface area contributed by atoms with E-state index < -0.39 is 26.0 Å². The molecule has 0 unspecified atom stereocenters. The Hall–Kier alpha value is -4.20. The highest BCUT2D eigenvalue weighted by molar-refractivity contribution is 9.08. The number of ether oxygens (including phenoxy) is 2. The van der Waals surface area contributed by atoms with Gasteiger partial charge in [-0.25, -0.2) is 26.4 Å². The van der Waals surface area contributed by atoms with E-state index in [-0.39, 0.29) is 12.5 Å². The normalized spacial score (nSPS) is 13.0. The van der Waals surface area contributed by atoms with Crippen molar-refractivity contribution in [2.45, 2.75) is 50.4 Å². The summed E-state index contributed by atoms with van der Waals surface area (Å²) in [6.45, 7) is 0.221. The number of halogens is 1. The minimum Gasteiger partial charge on any atom is -0.465 e. The Bertz CT molecular complexity index is 2050. The van der Waals surface area contributed by atoms with Crippen molar-refractivity contribution in [1.82, 2.24) is 0 Å². The fraction of sp³-hybridized carbons (Fsp3) is 0.316. The molecule has 4 aromatic rings. The number of aryl methyl sites for hydroxylation is 4. The van der Waals surface area contributed by atoms with Crippen LogP contribution in [0.2, 0.25) is 0 Å². The fourth-order valence-electron chi connectivity index (χ4n) is 5.84. The van der Waals surface area contributed by atoms with Crippen LogP contribution in [0.25, 0.3) is 0 Å². The largest absolute Gasteiger partial charge is 0.465 e. The summed E-state index contributed by atoms with van der Waals surface area (Å²) >= 11 is 3.32. The fourth-order valence-corrected chi connectivity index (χ4v) is 7.65. The minimum atomic E-state index is -3.42. The first-order valence-corrected chi connectivity index (χ1v) is 21.2. The van der Waals surface area contributed by atoms with Crippen LogP contribution in [0.5, 0.6) is 0 Å². The van der Waals surface area contributed by atoms with E-state index in [4.69, 9.17) is 0 Å². The van der Waals surface area contributed by atoms with Gasteiger partial charge in [0.15, 0.2) is 0 Å². The molecule has 0 radical (unpaired) electrons. The highest BCUT2D eigenvalue weighted by Crippen LogP contribution is 2.29. The molecule has 6 rings (SSSR count). The van der Waals surface area contributed by atoms with Gasteiger partial charge in [-0.1, -0.05) is 52.3 Å². The Labute approximate surface area is 309 Å². The monoisotopic (exact) mass is 798 g/mol. The molecule has 2 aliphatic carbocycles. The van der Waals surface area contributed by atoms with Gasteiger partial charge in [-0.3, -0.25) is 9.03 Å². The van der Waals surface area contributed by atoms with Crippen molar-refractivity contribution in [1.29, 1.82) is 0 Å². The lowest BCUT2D eigenvalue weighted by Crippen LogP contribution is -2.29. The standard InChI is InChI=1S/C19H21NO4S.C10H13NO2S.C9H9BrO2/c1-24-19(21)16-8-6-14(7-9-16)13-20(25(2,22)23)18-11-10-15-4-3-5-17(15)12-18;1-14(12,13)11-10-6-5-8-3-2-4-9(8)7-10;1-12-9(11)8-4-2-7(6-10)3-5-8/h6-12H,3-5,13H2,1-2H3;5-7,11H,2-4H2,1H3;2-5H,6H2,1H3. The van der Waals surface area contributed by atoms with Gasteiger partial charge in [0.1, 0.15) is 0 Å². The number of anilines is 2. The van der Waals surface area contributed by atoms with Crippen LogP contribution < -0.4 is 9.03 Å². The van der Waals surface area contributed by atoms with Crippen molar-refractivity contribution >= 4 is 59.3 Å². The summed E-state index contributed by atoms with van der Waals surface area (Å²) in [6, 6.07) is 25.7. The molecule has 0 fully saturated rings. The number of fused-ring (bicyclic) bond motifs is 2. The van der Waals surface area contributed by atoms with Crippen molar-refractivity contribution in [2.75, 3.05) is 35.8 Å². The summed E-state index contributed by atoms with van der Waals surface area (Å²) in [7, 11) is -3.86. The molecule has 0 saturated heterocycles. The second kappa shape index (κ2) is 17.8. The lowest BCUT2D eigenvalue weighted by atomic mass is 10.1. The molecule has 10 nitrogen and oxygen atoms in total. The highest BCUT2D eigenvalue weighted by Gasteiger charge is 2.21. The number of rotatable bonds is 9. The zero-order valence-electron chi connectivity index (χ0n) is 29.1. The van der Waals surface area contributed by atoms with Crippen LogP contribution in [0.15, 0.2) is 84.9 Å². The maximum absolute atomic E-state index is 12.3. The number of sulfonamides is 2. The number of esters is 2. The summed E-state index contributed by atoms with van der Waals surface area (Å²) in [4.78, 5) is 22.5. The first-order chi connectivity index (χ1) is 24.2. The van der Waals surface area contributed by atoms with Crippen molar-refractivity contribution in [3.8, 4) is 0 Å². The number of benzene rings is 4. The van der Waals surface area contributed by atoms with Crippen molar-refractivity contribution < 1.29 is 35.9 Å². The van der Waals surface area contributed by atoms with E-state index >= 15 is 0 Å². The van der Waals surface area contributed by atoms with Crippen LogP contribution >= 0.6 is 15.9 Å². The predicted molar refractivity (Wildman–Crippen MR) is 205 cm³/mol. The smallest absolute Gasteiger partial charge is 0.337 e. The molecule has 13 heteroatoms. The molecule has 0 bridgehead atoms. The van der Waals surface area contributed by atoms with Gasteiger partial charge in [0.25, 0.3) is 0 Å². The first-order valence-electron chi connectivity index (χ1n) is 16.3. The number of carbonyl (C=O) groups is 2. The molecule has 0 amide bonds. The molecule has 1 N–H and O–H groups in total. The van der Waals surface area contributed by atoms with Crippen molar-refractivity contribution in [3.05, 3.63) is 129 Å². The molecular weight excluding hydrogens is 756 g/mol. The maximum atomic E-state index is 12.3. The average molecular weight is 800 g/mol. The number of hydrogen-bond acceptors (Lipinski definition) is 8. The number of methoxy groups -OCH3 is 2. The van der Waals surface area contributed by atoms with Gasteiger partial charge in [0.2, 0.25) is 20.0 Å². The Balaban J connectivity index is 0.000000189. The average Bonchev–Trinajstić information content (AvgIpc) is 3.79. The van der Waals surface area contributed by atoms with Crippen LogP contribution in [0.1, 0.15) is 66.9 Å². The highest BCUT2D eigenvalue weighted by atomic mass is 79.9. The maximum Gasteiger partial charge on any atom is 0.337 e. The molecule has 0 aromatic heterocycles. The van der Waals surface area contributed by atoms with E-state index in [9.17, 15) is 26.4 Å². The Morgan fingerprint density at radius 3 is 1.61 bits per heavy atom. The second-order valence-corrected chi connectivity index (χ2v) is 16.5. The summed E-state index contributed by atoms with van der Waals surface area (Å²) in [5.41, 5.74) is 9.49. The molecule has 0 saturated carbocycles. The number of alkyl halides is 1. The van der Waals surface area contributed by atoms with E-state index in [0.717, 1.165) is 48.6 Å². The lowest BCUT2D eigenvalue weighted by Gasteiger charge is -2.23. The number of nitrogens with zero attached hydrogens (tertiary/aromatic N) is 1. The third-order valence-corrected chi connectivity index (χ3v) is 10.8. The predicted octanol–water partition coefficient (Wildman–Crippen LogP) is 6.84. The van der Waals surface area contributed by atoms with E-state index in [1.807, 2.05) is 48.5 Å². The van der Waals surface area contributed by atoms with Gasteiger partial charge >= 0.3 is 11.9 Å². The van der Waals surface area contributed by atoms with E-state index in [0.29, 0.717) is 22.5 Å². The molecule has 0 atom stereocenters. The molecule has 0 aliphatic heterocycles. The molecule has 272 valence electrons. The Morgan fingerprint density at radius 1 is 0.667 bits per heavy atom. The minimum absolute atomic E-state index is 0.221. The molecule has 4 aromatic carbocycles. The first kappa shape index (κ1) is 39.6. The number of hydrogen-bond donors (Lipinski definition) is 1. The van der Waals surface area contributed by atoms with Crippen molar-refractivity contribution in [2.24, 2.45) is 0 Å². The van der Waals surface area contributed by atoms with Crippen LogP contribution in [-0.4, -0.2) is 55.5 Å². The molecular formula is C38H43BrN2O8S2. The lowest BCUT2D eigenvalue weighted by molar-refractivity contribution is 0.0592. The topological polar surface area (TPSA) is 136 Å². The SMILES string of the molecule is COC(=O)c1ccc(CBr)cc1.COC(=O)c1ccc(CN(c2ccc3c(c2)CCC3)S(C)(=O)=O)cc1.CS(=O)(=O)Nc1ccc2c(c1)CCC2. The molecule has 0 spiro atoms. The van der Waals surface area contributed by atoms with Gasteiger partial charge in [-0.2, -0.15) is 0 Å². The number of nitrogens with one attached hydrogen (secondary N) is 1. The van der Waals surface area contributed by atoms with Gasteiger partial charge in [-0.05, 0) is 120 Å². The van der Waals surface area contributed by atoms with Crippen LogP contribution in [-0.2, 0) is 67.1 Å². The van der Waals surface area contributed by atoms with Crippen LogP contribution in [0.3, 0.4) is 0 Å². The third-order valence-electron chi connectivity index (χ3n) is 8.40. The molecule has 51 heavy (non-hydrogen) atoms. The summed E-state index contributed by atoms with van der Waals surface area (Å²) in [5.74, 6) is -0.707. The van der Waals surface area contributed by atoms with Gasteiger partial charge in [-0.15, -0.1) is 0 Å².